The van der Waals surface area contributed by atoms with E-state index in [-0.39, 0.29) is 30.6 Å². The third-order valence-corrected chi connectivity index (χ3v) is 5.75. The van der Waals surface area contributed by atoms with Crippen molar-refractivity contribution in [1.29, 1.82) is 0 Å². The molecule has 1 unspecified atom stereocenters. The normalized spacial score (nSPS) is 17.0. The number of hydrogen-bond donors (Lipinski definition) is 0. The maximum absolute atomic E-state index is 13.2. The minimum absolute atomic E-state index is 0.0194. The maximum atomic E-state index is 13.2. The molecule has 29 heavy (non-hydrogen) atoms. The average molecular weight is 525 g/mol. The highest BCUT2D eigenvalue weighted by molar-refractivity contribution is 14.1. The van der Waals surface area contributed by atoms with Crippen molar-refractivity contribution >= 4 is 57.6 Å². The lowest BCUT2D eigenvalue weighted by molar-refractivity contribution is -0.143. The van der Waals surface area contributed by atoms with Gasteiger partial charge in [0.25, 0.3) is 5.91 Å². The first-order chi connectivity index (χ1) is 13.6. The lowest BCUT2D eigenvalue weighted by Crippen LogP contribution is -2.55. The Morgan fingerprint density at radius 3 is 2.24 bits per heavy atom. The quantitative estimate of drug-likeness (QED) is 0.439. The van der Waals surface area contributed by atoms with Crippen molar-refractivity contribution in [2.45, 2.75) is 45.2 Å². The molecule has 0 aromatic heterocycles. The first kappa shape index (κ1) is 21.8. The molecule has 1 atom stereocenters. The van der Waals surface area contributed by atoms with Crippen LogP contribution in [0.2, 0.25) is 5.02 Å². The van der Waals surface area contributed by atoms with Crippen molar-refractivity contribution in [3.63, 3.8) is 0 Å². The number of carbonyl (C=O) groups excluding carboxylic acids is 3. The Balaban J connectivity index is 1.88. The molecule has 0 N–H and O–H groups in total. The lowest BCUT2D eigenvalue weighted by Gasteiger charge is -2.39. The fourth-order valence-corrected chi connectivity index (χ4v) is 4.04. The second kappa shape index (κ2) is 8.44. The lowest BCUT2D eigenvalue weighted by atomic mass is 9.99. The van der Waals surface area contributed by atoms with Crippen LogP contribution in [0.5, 0.6) is 0 Å². The van der Waals surface area contributed by atoms with Gasteiger partial charge in [-0.1, -0.05) is 23.7 Å². The van der Waals surface area contributed by atoms with E-state index in [0.29, 0.717) is 10.7 Å². The van der Waals surface area contributed by atoms with Gasteiger partial charge in [0.05, 0.1) is 18.5 Å². The standard InChI is InChI=1S/C22H22ClIN2O3/c1-22(2,3)26(20(28)12-14-4-6-15(23)7-5-14)18-13-19(27)25(21(18)29)17-10-8-16(24)9-11-17/h4-11,18H,12-13H2,1-3H3. The van der Waals surface area contributed by atoms with Crippen LogP contribution in [0.3, 0.4) is 0 Å². The summed E-state index contributed by atoms with van der Waals surface area (Å²) in [5, 5.41) is 0.596. The van der Waals surface area contributed by atoms with Crippen LogP contribution in [-0.4, -0.2) is 34.2 Å². The summed E-state index contributed by atoms with van der Waals surface area (Å²) in [4.78, 5) is 41.8. The molecule has 1 fully saturated rings. The van der Waals surface area contributed by atoms with E-state index in [2.05, 4.69) is 22.6 Å². The van der Waals surface area contributed by atoms with Gasteiger partial charge in [-0.25, -0.2) is 4.90 Å². The zero-order valence-electron chi connectivity index (χ0n) is 16.5. The van der Waals surface area contributed by atoms with Crippen LogP contribution in [0, 0.1) is 3.57 Å². The number of nitrogens with zero attached hydrogens (tertiary/aromatic N) is 2. The van der Waals surface area contributed by atoms with Gasteiger partial charge in [-0.15, -0.1) is 0 Å². The van der Waals surface area contributed by atoms with E-state index in [1.54, 1.807) is 41.3 Å². The zero-order valence-corrected chi connectivity index (χ0v) is 19.4. The van der Waals surface area contributed by atoms with E-state index in [0.717, 1.165) is 9.13 Å². The Kier molecular flexibility index (Phi) is 6.33. The molecule has 1 aliphatic heterocycles. The highest BCUT2D eigenvalue weighted by Gasteiger charge is 2.47. The Morgan fingerprint density at radius 1 is 1.10 bits per heavy atom. The summed E-state index contributed by atoms with van der Waals surface area (Å²) < 4.78 is 1.01. The monoisotopic (exact) mass is 524 g/mol. The van der Waals surface area contributed by atoms with Crippen molar-refractivity contribution in [3.8, 4) is 0 Å². The Hall–Kier alpha value is -1.93. The Bertz CT molecular complexity index is 936. The molecule has 0 bridgehead atoms. The topological polar surface area (TPSA) is 57.7 Å². The smallest absolute Gasteiger partial charge is 0.257 e. The van der Waals surface area contributed by atoms with Crippen LogP contribution >= 0.6 is 34.2 Å². The molecule has 0 radical (unpaired) electrons. The minimum atomic E-state index is -0.818. The van der Waals surface area contributed by atoms with Crippen LogP contribution < -0.4 is 4.90 Å². The molecule has 3 rings (SSSR count). The molecule has 152 valence electrons. The highest BCUT2D eigenvalue weighted by Crippen LogP contribution is 2.30. The van der Waals surface area contributed by atoms with Crippen molar-refractivity contribution < 1.29 is 14.4 Å². The molecule has 1 saturated heterocycles. The molecule has 0 spiro atoms. The number of hydrogen-bond acceptors (Lipinski definition) is 3. The van der Waals surface area contributed by atoms with Gasteiger partial charge in [0.1, 0.15) is 6.04 Å². The first-order valence-corrected chi connectivity index (χ1v) is 10.7. The summed E-state index contributed by atoms with van der Waals surface area (Å²) in [6.45, 7) is 5.62. The van der Waals surface area contributed by atoms with E-state index >= 15 is 0 Å². The van der Waals surface area contributed by atoms with E-state index in [9.17, 15) is 14.4 Å². The number of carbonyl (C=O) groups is 3. The number of imide groups is 1. The van der Waals surface area contributed by atoms with Crippen LogP contribution in [0.15, 0.2) is 48.5 Å². The van der Waals surface area contributed by atoms with Crippen molar-refractivity contribution in [2.24, 2.45) is 0 Å². The number of benzene rings is 2. The van der Waals surface area contributed by atoms with Crippen LogP contribution in [0.1, 0.15) is 32.8 Å². The summed E-state index contributed by atoms with van der Waals surface area (Å²) in [6.07, 6.45) is 0.115. The van der Waals surface area contributed by atoms with Gasteiger partial charge >= 0.3 is 0 Å². The summed E-state index contributed by atoms with van der Waals surface area (Å²) in [7, 11) is 0. The SMILES string of the molecule is CC(C)(C)N(C(=O)Cc1ccc(Cl)cc1)C1CC(=O)N(c2ccc(I)cc2)C1=O. The van der Waals surface area contributed by atoms with E-state index in [1.165, 1.54) is 4.90 Å². The first-order valence-electron chi connectivity index (χ1n) is 9.27. The second-order valence-corrected chi connectivity index (χ2v) is 9.68. The van der Waals surface area contributed by atoms with Crippen LogP contribution in [-0.2, 0) is 20.8 Å². The van der Waals surface area contributed by atoms with Crippen molar-refractivity contribution in [1.82, 2.24) is 4.90 Å². The molecule has 0 saturated carbocycles. The highest BCUT2D eigenvalue weighted by atomic mass is 127. The van der Waals surface area contributed by atoms with Gasteiger partial charge < -0.3 is 4.90 Å². The van der Waals surface area contributed by atoms with Gasteiger partial charge in [-0.2, -0.15) is 0 Å². The molecular weight excluding hydrogens is 503 g/mol. The fraction of sp³-hybridized carbons (Fsp3) is 0.318. The molecule has 2 aromatic carbocycles. The number of rotatable bonds is 4. The van der Waals surface area contributed by atoms with E-state index < -0.39 is 11.6 Å². The molecule has 5 nitrogen and oxygen atoms in total. The minimum Gasteiger partial charge on any atom is -0.325 e. The molecular formula is C22H22ClIN2O3. The largest absolute Gasteiger partial charge is 0.325 e. The van der Waals surface area contributed by atoms with E-state index in [1.807, 2.05) is 32.9 Å². The maximum Gasteiger partial charge on any atom is 0.257 e. The molecule has 0 aliphatic carbocycles. The summed E-state index contributed by atoms with van der Waals surface area (Å²) in [5.41, 5.74) is 0.716. The molecule has 3 amide bonds. The van der Waals surface area contributed by atoms with Crippen LogP contribution in [0.25, 0.3) is 0 Å². The number of amides is 3. The third kappa shape index (κ3) is 4.80. The predicted molar refractivity (Wildman–Crippen MR) is 122 cm³/mol. The average Bonchev–Trinajstić information content (AvgIpc) is 2.91. The number of anilines is 1. The zero-order chi connectivity index (χ0) is 21.3. The fourth-order valence-electron chi connectivity index (χ4n) is 3.56. The van der Waals surface area contributed by atoms with Gasteiger partial charge in [-0.3, -0.25) is 14.4 Å². The van der Waals surface area contributed by atoms with Gasteiger partial charge in [-0.05, 0) is 85.3 Å². The van der Waals surface area contributed by atoms with E-state index in [4.69, 9.17) is 11.6 Å². The molecule has 1 heterocycles. The Labute approximate surface area is 189 Å². The summed E-state index contributed by atoms with van der Waals surface area (Å²) in [5.74, 6) is -0.860. The second-order valence-electron chi connectivity index (χ2n) is 8.00. The summed E-state index contributed by atoms with van der Waals surface area (Å²) in [6, 6.07) is 13.4. The Morgan fingerprint density at radius 2 is 1.69 bits per heavy atom. The predicted octanol–water partition coefficient (Wildman–Crippen LogP) is 4.45. The molecule has 7 heteroatoms. The summed E-state index contributed by atoms with van der Waals surface area (Å²) >= 11 is 8.09. The van der Waals surface area contributed by atoms with Gasteiger partial charge in [0.2, 0.25) is 11.8 Å². The third-order valence-electron chi connectivity index (χ3n) is 4.78. The van der Waals surface area contributed by atoms with Gasteiger partial charge in [0.15, 0.2) is 0 Å². The number of halogens is 2. The van der Waals surface area contributed by atoms with Gasteiger partial charge in [0, 0.05) is 14.1 Å². The molecule has 2 aromatic rings. The van der Waals surface area contributed by atoms with Crippen molar-refractivity contribution in [2.75, 3.05) is 4.90 Å². The van der Waals surface area contributed by atoms with Crippen molar-refractivity contribution in [3.05, 3.63) is 62.7 Å². The van der Waals surface area contributed by atoms with Crippen LogP contribution in [0.4, 0.5) is 5.69 Å². The molecule has 1 aliphatic rings.